The number of ether oxygens (including phenoxy) is 1. The van der Waals surface area contributed by atoms with Crippen LogP contribution in [0.1, 0.15) is 20.8 Å². The van der Waals surface area contributed by atoms with E-state index in [9.17, 15) is 14.0 Å². The van der Waals surface area contributed by atoms with E-state index in [1.165, 1.54) is 36.6 Å². The summed E-state index contributed by atoms with van der Waals surface area (Å²) in [5.74, 6) is -1.37. The van der Waals surface area contributed by atoms with Crippen LogP contribution in [-0.4, -0.2) is 25.5 Å². The van der Waals surface area contributed by atoms with Gasteiger partial charge in [0.15, 0.2) is 0 Å². The largest absolute Gasteiger partial charge is 0.465 e. The minimum atomic E-state index is -0.529. The molecule has 0 unspecified atom stereocenters. The molecule has 8 heteroatoms. The normalized spacial score (nSPS) is 10.4. The fraction of sp³-hybridized carbons (Fsp3) is 0.250. The summed E-state index contributed by atoms with van der Waals surface area (Å²) in [4.78, 5) is 24.9. The first-order valence-corrected chi connectivity index (χ1v) is 8.20. The second kappa shape index (κ2) is 7.63. The van der Waals surface area contributed by atoms with Crippen molar-refractivity contribution in [1.29, 1.82) is 0 Å². The molecule has 1 aromatic carbocycles. The summed E-state index contributed by atoms with van der Waals surface area (Å²) >= 11 is 6.99. The third kappa shape index (κ3) is 4.04. The average Bonchev–Trinajstić information content (AvgIpc) is 2.82. The van der Waals surface area contributed by atoms with E-state index >= 15 is 0 Å². The maximum atomic E-state index is 13.1. The Hall–Kier alpha value is -2.12. The zero-order valence-corrected chi connectivity index (χ0v) is 14.9. The molecular formula is C16H16ClFN2O3S. The maximum Gasteiger partial charge on any atom is 0.341 e. The number of carbonyl (C=O) groups is 2. The number of carbonyl (C=O) groups excluding carboxylic acids is 2. The fourth-order valence-corrected chi connectivity index (χ4v) is 3.27. The van der Waals surface area contributed by atoms with Crippen LogP contribution in [0.3, 0.4) is 0 Å². The molecule has 2 aromatic rings. The number of hydrogen-bond donors (Lipinski definition) is 2. The Morgan fingerprint density at radius 3 is 2.67 bits per heavy atom. The quantitative estimate of drug-likeness (QED) is 0.781. The van der Waals surface area contributed by atoms with Crippen molar-refractivity contribution < 1.29 is 18.7 Å². The number of nitrogens with one attached hydrogen (secondary N) is 2. The van der Waals surface area contributed by atoms with E-state index in [1.807, 2.05) is 6.92 Å². The molecule has 1 heterocycles. The molecule has 1 amide bonds. The molecule has 0 spiro atoms. The first-order chi connectivity index (χ1) is 11.3. The predicted molar refractivity (Wildman–Crippen MR) is 93.7 cm³/mol. The van der Waals surface area contributed by atoms with Gasteiger partial charge in [-0.05, 0) is 37.6 Å². The van der Waals surface area contributed by atoms with E-state index in [-0.39, 0.29) is 17.5 Å². The van der Waals surface area contributed by atoms with Gasteiger partial charge in [-0.2, -0.15) is 0 Å². The lowest BCUT2D eigenvalue weighted by Gasteiger charge is -2.08. The lowest BCUT2D eigenvalue weighted by Crippen LogP contribution is -2.22. The molecule has 0 atom stereocenters. The Kier molecular flexibility index (Phi) is 5.80. The van der Waals surface area contributed by atoms with Gasteiger partial charge in [-0.15, -0.1) is 11.3 Å². The van der Waals surface area contributed by atoms with Crippen molar-refractivity contribution in [2.24, 2.45) is 0 Å². The van der Waals surface area contributed by atoms with Gasteiger partial charge < -0.3 is 15.4 Å². The number of aryl methyl sites for hydroxylation is 1. The first-order valence-electron chi connectivity index (χ1n) is 7.00. The Morgan fingerprint density at radius 1 is 1.33 bits per heavy atom. The van der Waals surface area contributed by atoms with Gasteiger partial charge in [0.1, 0.15) is 10.8 Å². The summed E-state index contributed by atoms with van der Waals surface area (Å²) in [5.41, 5.74) is 1.65. The molecule has 0 aliphatic heterocycles. The van der Waals surface area contributed by atoms with Crippen molar-refractivity contribution in [3.8, 4) is 0 Å². The molecular weight excluding hydrogens is 355 g/mol. The highest BCUT2D eigenvalue weighted by atomic mass is 35.5. The number of rotatable bonds is 5. The van der Waals surface area contributed by atoms with Crippen LogP contribution in [0.5, 0.6) is 0 Å². The van der Waals surface area contributed by atoms with Gasteiger partial charge in [0.2, 0.25) is 5.91 Å². The molecule has 0 aliphatic carbocycles. The number of esters is 1. The van der Waals surface area contributed by atoms with Crippen molar-refractivity contribution in [2.45, 2.75) is 13.8 Å². The van der Waals surface area contributed by atoms with Crippen LogP contribution in [-0.2, 0) is 9.53 Å². The molecule has 1 aromatic heterocycles. The van der Waals surface area contributed by atoms with Gasteiger partial charge in [-0.3, -0.25) is 4.79 Å². The minimum Gasteiger partial charge on any atom is -0.465 e. The summed E-state index contributed by atoms with van der Waals surface area (Å²) < 4.78 is 17.9. The Bertz CT molecular complexity index is 792. The van der Waals surface area contributed by atoms with Gasteiger partial charge in [0, 0.05) is 10.6 Å². The highest BCUT2D eigenvalue weighted by Gasteiger charge is 2.21. The molecule has 2 N–H and O–H groups in total. The maximum absolute atomic E-state index is 13.1. The first kappa shape index (κ1) is 18.2. The second-order valence-corrected chi connectivity index (χ2v) is 6.64. The van der Waals surface area contributed by atoms with Gasteiger partial charge >= 0.3 is 5.97 Å². The third-order valence-corrected chi connectivity index (χ3v) is 4.81. The van der Waals surface area contributed by atoms with Crippen LogP contribution in [0.4, 0.5) is 15.1 Å². The van der Waals surface area contributed by atoms with Crippen LogP contribution in [0.25, 0.3) is 0 Å². The monoisotopic (exact) mass is 370 g/mol. The molecule has 128 valence electrons. The number of benzene rings is 1. The predicted octanol–water partition coefficient (Wildman–Crippen LogP) is 3.99. The Morgan fingerprint density at radius 2 is 2.04 bits per heavy atom. The summed E-state index contributed by atoms with van der Waals surface area (Å²) in [7, 11) is 1.29. The van der Waals surface area contributed by atoms with E-state index in [0.717, 1.165) is 10.4 Å². The highest BCUT2D eigenvalue weighted by molar-refractivity contribution is 7.16. The molecule has 0 bridgehead atoms. The van der Waals surface area contributed by atoms with E-state index in [0.29, 0.717) is 16.3 Å². The zero-order valence-electron chi connectivity index (χ0n) is 13.3. The molecule has 5 nitrogen and oxygen atoms in total. The van der Waals surface area contributed by atoms with E-state index < -0.39 is 11.8 Å². The zero-order chi connectivity index (χ0) is 17.9. The topological polar surface area (TPSA) is 67.4 Å². The van der Waals surface area contributed by atoms with Crippen LogP contribution in [0, 0.1) is 19.7 Å². The van der Waals surface area contributed by atoms with E-state index in [4.69, 9.17) is 16.3 Å². The molecule has 0 saturated heterocycles. The smallest absolute Gasteiger partial charge is 0.341 e. The standard InChI is InChI=1S/C16H16ClFN2O3S/c1-8-9(2)24-15(14(8)16(22)23-3)20-13(21)7-19-10-4-5-12(18)11(17)6-10/h4-6,19H,7H2,1-3H3,(H,20,21). The van der Waals surface area contributed by atoms with E-state index in [2.05, 4.69) is 10.6 Å². The summed E-state index contributed by atoms with van der Waals surface area (Å²) in [5, 5.41) is 5.95. The van der Waals surface area contributed by atoms with Crippen LogP contribution in [0.2, 0.25) is 5.02 Å². The highest BCUT2D eigenvalue weighted by Crippen LogP contribution is 2.32. The lowest BCUT2D eigenvalue weighted by atomic mass is 10.1. The van der Waals surface area contributed by atoms with Crippen LogP contribution < -0.4 is 10.6 Å². The summed E-state index contributed by atoms with van der Waals surface area (Å²) in [6.45, 7) is 3.60. The van der Waals surface area contributed by atoms with Crippen molar-refractivity contribution >= 4 is 45.5 Å². The van der Waals surface area contributed by atoms with Crippen LogP contribution in [0.15, 0.2) is 18.2 Å². The number of anilines is 2. The molecule has 2 rings (SSSR count). The Labute approximate surface area is 147 Å². The molecule has 0 radical (unpaired) electrons. The SMILES string of the molecule is COC(=O)c1c(NC(=O)CNc2ccc(F)c(Cl)c2)sc(C)c1C. The number of methoxy groups -OCH3 is 1. The molecule has 0 saturated carbocycles. The summed E-state index contributed by atoms with van der Waals surface area (Å²) in [6, 6.07) is 4.08. The molecule has 0 fully saturated rings. The molecule has 0 aliphatic rings. The van der Waals surface area contributed by atoms with Gasteiger partial charge in [-0.25, -0.2) is 9.18 Å². The minimum absolute atomic E-state index is 0.0297. The lowest BCUT2D eigenvalue weighted by molar-refractivity contribution is -0.114. The summed E-state index contributed by atoms with van der Waals surface area (Å²) in [6.07, 6.45) is 0. The molecule has 24 heavy (non-hydrogen) atoms. The Balaban J connectivity index is 2.06. The van der Waals surface area contributed by atoms with Crippen molar-refractivity contribution in [3.05, 3.63) is 45.0 Å². The van der Waals surface area contributed by atoms with Crippen molar-refractivity contribution in [1.82, 2.24) is 0 Å². The number of thiophene rings is 1. The third-order valence-electron chi connectivity index (χ3n) is 3.40. The van der Waals surface area contributed by atoms with Crippen LogP contribution >= 0.6 is 22.9 Å². The van der Waals surface area contributed by atoms with Gasteiger partial charge in [-0.1, -0.05) is 11.6 Å². The fourth-order valence-electron chi connectivity index (χ4n) is 2.02. The van der Waals surface area contributed by atoms with Crippen molar-refractivity contribution in [3.63, 3.8) is 0 Å². The van der Waals surface area contributed by atoms with Gasteiger partial charge in [0.25, 0.3) is 0 Å². The van der Waals surface area contributed by atoms with Crippen molar-refractivity contribution in [2.75, 3.05) is 24.3 Å². The number of halogens is 2. The van der Waals surface area contributed by atoms with Gasteiger partial charge in [0.05, 0.1) is 24.2 Å². The number of hydrogen-bond acceptors (Lipinski definition) is 5. The van der Waals surface area contributed by atoms with E-state index in [1.54, 1.807) is 6.92 Å². The average molecular weight is 371 g/mol. The number of amides is 1. The second-order valence-electron chi connectivity index (χ2n) is 5.01.